The van der Waals surface area contributed by atoms with Crippen molar-refractivity contribution >= 4 is 0 Å². The van der Waals surface area contributed by atoms with Crippen LogP contribution in [-0.4, -0.2) is 24.4 Å². The molecule has 1 aliphatic carbocycles. The molecule has 0 heterocycles. The Balaban J connectivity index is 2.75. The van der Waals surface area contributed by atoms with Gasteiger partial charge in [-0.1, -0.05) is 6.92 Å². The molecule has 0 aromatic rings. The Bertz CT molecular complexity index is 249. The molecule has 0 unspecified atom stereocenters. The van der Waals surface area contributed by atoms with Crippen molar-refractivity contribution in [1.29, 1.82) is 0 Å². The highest BCUT2D eigenvalue weighted by Crippen LogP contribution is 2.47. The highest BCUT2D eigenvalue weighted by Gasteiger charge is 2.57. The van der Waals surface area contributed by atoms with E-state index < -0.39 is 49.5 Å². The molecular formula is C10H15F6N. The molecule has 0 radical (unpaired) electrons. The Hall–Kier alpha value is -0.460. The maximum Gasteiger partial charge on any atom is 0.406 e. The second kappa shape index (κ2) is 4.66. The average molecular weight is 263 g/mol. The number of hydrogen-bond acceptors (Lipinski definition) is 1. The van der Waals surface area contributed by atoms with Crippen LogP contribution in [0.2, 0.25) is 0 Å². The van der Waals surface area contributed by atoms with Gasteiger partial charge in [0.2, 0.25) is 0 Å². The zero-order valence-corrected chi connectivity index (χ0v) is 9.38. The average Bonchev–Trinajstić information content (AvgIpc) is 2.15. The molecule has 1 saturated carbocycles. The maximum atomic E-state index is 12.9. The summed E-state index contributed by atoms with van der Waals surface area (Å²) in [7, 11) is 0. The third kappa shape index (κ3) is 3.05. The van der Waals surface area contributed by atoms with E-state index in [-0.39, 0.29) is 6.54 Å². The molecule has 1 nitrogen and oxygen atoms in total. The molecule has 1 N–H and O–H groups in total. The summed E-state index contributed by atoms with van der Waals surface area (Å²) in [6.07, 6.45) is -10.8. The highest BCUT2D eigenvalue weighted by atomic mass is 19.4. The van der Waals surface area contributed by atoms with E-state index in [1.54, 1.807) is 0 Å². The van der Waals surface area contributed by atoms with Crippen molar-refractivity contribution in [1.82, 2.24) is 5.32 Å². The van der Waals surface area contributed by atoms with Crippen molar-refractivity contribution < 1.29 is 26.3 Å². The maximum absolute atomic E-state index is 12.9. The molecular weight excluding hydrogens is 248 g/mol. The van der Waals surface area contributed by atoms with Crippen LogP contribution in [-0.2, 0) is 0 Å². The van der Waals surface area contributed by atoms with E-state index in [4.69, 9.17) is 0 Å². The van der Waals surface area contributed by atoms with Gasteiger partial charge in [0, 0.05) is 0 Å². The van der Waals surface area contributed by atoms with E-state index in [9.17, 15) is 26.3 Å². The Morgan fingerprint density at radius 2 is 1.53 bits per heavy atom. The number of nitrogens with one attached hydrogen (secondary N) is 1. The molecule has 0 aliphatic heterocycles. The quantitative estimate of drug-likeness (QED) is 0.750. The molecule has 0 atom stereocenters. The standard InChI is InChI=1S/C10H15F6N/c1-2-17-8(10(14,15)16)5-3-7(4-6-8)9(11,12)13/h7,17H,2-6H2,1H3. The zero-order chi connectivity index (χ0) is 13.3. The lowest BCUT2D eigenvalue weighted by Crippen LogP contribution is -2.59. The lowest BCUT2D eigenvalue weighted by Gasteiger charge is -2.42. The molecule has 17 heavy (non-hydrogen) atoms. The first-order chi connectivity index (χ1) is 7.62. The fraction of sp³-hybridized carbons (Fsp3) is 1.00. The van der Waals surface area contributed by atoms with Gasteiger partial charge in [-0.25, -0.2) is 0 Å². The van der Waals surface area contributed by atoms with Crippen LogP contribution in [0.5, 0.6) is 0 Å². The summed E-state index contributed by atoms with van der Waals surface area (Å²) >= 11 is 0. The summed E-state index contributed by atoms with van der Waals surface area (Å²) < 4.78 is 75.7. The lowest BCUT2D eigenvalue weighted by atomic mass is 9.75. The number of halogens is 6. The van der Waals surface area contributed by atoms with Gasteiger partial charge in [-0.05, 0) is 32.2 Å². The van der Waals surface area contributed by atoms with Crippen molar-refractivity contribution in [2.24, 2.45) is 5.92 Å². The molecule has 1 aliphatic rings. The van der Waals surface area contributed by atoms with Gasteiger partial charge >= 0.3 is 12.4 Å². The fourth-order valence-corrected chi connectivity index (χ4v) is 2.34. The summed E-state index contributed by atoms with van der Waals surface area (Å²) in [6, 6.07) is 0. The minimum Gasteiger partial charge on any atom is -0.304 e. The van der Waals surface area contributed by atoms with Crippen LogP contribution in [0.3, 0.4) is 0 Å². The molecule has 0 aromatic carbocycles. The zero-order valence-electron chi connectivity index (χ0n) is 9.38. The lowest BCUT2D eigenvalue weighted by molar-refractivity contribution is -0.228. The number of hydrogen-bond donors (Lipinski definition) is 1. The van der Waals surface area contributed by atoms with Gasteiger partial charge in [0.15, 0.2) is 0 Å². The summed E-state index contributed by atoms with van der Waals surface area (Å²) in [4.78, 5) is 0. The molecule has 7 heteroatoms. The van der Waals surface area contributed by atoms with Crippen LogP contribution in [0, 0.1) is 5.92 Å². The van der Waals surface area contributed by atoms with Gasteiger partial charge in [-0.2, -0.15) is 26.3 Å². The van der Waals surface area contributed by atoms with Crippen LogP contribution < -0.4 is 5.32 Å². The third-order valence-electron chi connectivity index (χ3n) is 3.36. The minimum absolute atomic E-state index is 0.0934. The number of alkyl halides is 6. The van der Waals surface area contributed by atoms with Crippen molar-refractivity contribution in [3.8, 4) is 0 Å². The first kappa shape index (κ1) is 14.6. The van der Waals surface area contributed by atoms with E-state index in [1.807, 2.05) is 0 Å². The molecule has 102 valence electrons. The summed E-state index contributed by atoms with van der Waals surface area (Å²) in [5.41, 5.74) is -2.14. The van der Waals surface area contributed by atoms with Crippen molar-refractivity contribution in [2.75, 3.05) is 6.54 Å². The molecule has 0 amide bonds. The molecule has 1 fully saturated rings. The second-order valence-electron chi connectivity index (χ2n) is 4.43. The van der Waals surface area contributed by atoms with E-state index in [0.29, 0.717) is 0 Å². The van der Waals surface area contributed by atoms with E-state index >= 15 is 0 Å². The number of rotatable bonds is 2. The summed E-state index contributed by atoms with van der Waals surface area (Å²) in [5, 5.41) is 2.32. The Labute approximate surface area is 95.6 Å². The Kier molecular flexibility index (Phi) is 4.01. The van der Waals surface area contributed by atoms with Crippen LogP contribution in [0.4, 0.5) is 26.3 Å². The topological polar surface area (TPSA) is 12.0 Å². The van der Waals surface area contributed by atoms with Crippen molar-refractivity contribution in [3.05, 3.63) is 0 Å². The Morgan fingerprint density at radius 1 is 1.06 bits per heavy atom. The summed E-state index contributed by atoms with van der Waals surface area (Å²) in [6.45, 7) is 1.61. The predicted molar refractivity (Wildman–Crippen MR) is 50.5 cm³/mol. The van der Waals surface area contributed by atoms with Gasteiger partial charge in [0.1, 0.15) is 5.54 Å². The minimum atomic E-state index is -4.50. The van der Waals surface area contributed by atoms with Crippen LogP contribution in [0.15, 0.2) is 0 Å². The van der Waals surface area contributed by atoms with E-state index in [0.717, 1.165) is 0 Å². The molecule has 0 saturated heterocycles. The first-order valence-electron chi connectivity index (χ1n) is 5.51. The third-order valence-corrected chi connectivity index (χ3v) is 3.36. The van der Waals surface area contributed by atoms with Crippen LogP contribution in [0.25, 0.3) is 0 Å². The smallest absolute Gasteiger partial charge is 0.304 e. The highest BCUT2D eigenvalue weighted by molar-refractivity contribution is 4.99. The fourth-order valence-electron chi connectivity index (χ4n) is 2.34. The van der Waals surface area contributed by atoms with Crippen molar-refractivity contribution in [2.45, 2.75) is 50.5 Å². The van der Waals surface area contributed by atoms with Gasteiger partial charge in [-0.3, -0.25) is 0 Å². The molecule has 0 aromatic heterocycles. The first-order valence-corrected chi connectivity index (χ1v) is 5.51. The second-order valence-corrected chi connectivity index (χ2v) is 4.43. The van der Waals surface area contributed by atoms with Crippen LogP contribution >= 0.6 is 0 Å². The monoisotopic (exact) mass is 263 g/mol. The van der Waals surface area contributed by atoms with Gasteiger partial charge in [-0.15, -0.1) is 0 Å². The molecule has 0 bridgehead atoms. The normalized spacial score (nSPS) is 31.6. The predicted octanol–water partition coefficient (Wildman–Crippen LogP) is 3.65. The van der Waals surface area contributed by atoms with Gasteiger partial charge in [0.05, 0.1) is 5.92 Å². The Morgan fingerprint density at radius 3 is 1.82 bits per heavy atom. The van der Waals surface area contributed by atoms with E-state index in [2.05, 4.69) is 5.32 Å². The van der Waals surface area contributed by atoms with E-state index in [1.165, 1.54) is 6.92 Å². The van der Waals surface area contributed by atoms with Gasteiger partial charge < -0.3 is 5.32 Å². The largest absolute Gasteiger partial charge is 0.406 e. The summed E-state index contributed by atoms with van der Waals surface area (Å²) in [5.74, 6) is -1.60. The molecule has 1 rings (SSSR count). The van der Waals surface area contributed by atoms with Crippen molar-refractivity contribution in [3.63, 3.8) is 0 Å². The van der Waals surface area contributed by atoms with Crippen LogP contribution in [0.1, 0.15) is 32.6 Å². The SMILES string of the molecule is CCNC1(C(F)(F)F)CCC(C(F)(F)F)CC1. The van der Waals surface area contributed by atoms with Gasteiger partial charge in [0.25, 0.3) is 0 Å². The molecule has 0 spiro atoms.